The Morgan fingerprint density at radius 2 is 0.643 bits per heavy atom. The number of nitrogens with two attached hydrogens (primary N) is 4. The Bertz CT molecular complexity index is 271. The molecule has 0 bridgehead atoms. The summed E-state index contributed by atoms with van der Waals surface area (Å²) in [4.78, 5) is 0. The van der Waals surface area contributed by atoms with Gasteiger partial charge < -0.3 is 89.2 Å². The molecule has 0 spiro atoms. The van der Waals surface area contributed by atoms with Crippen molar-refractivity contribution in [1.29, 1.82) is 0 Å². The van der Waals surface area contributed by atoms with E-state index in [0.717, 1.165) is 0 Å². The Morgan fingerprint density at radius 3 is 0.786 bits per heavy atom. The molecule has 4 unspecified atom stereocenters. The van der Waals surface area contributed by atoms with Gasteiger partial charge in [-0.15, -0.1) is 0 Å². The molecule has 4 atom stereocenters. The van der Waals surface area contributed by atoms with E-state index < -0.39 is 0 Å². The Hall–Kier alpha value is 1.60. The zero-order valence-corrected chi connectivity index (χ0v) is 23.0. The topological polar surface area (TPSA) is 115 Å². The second-order valence-corrected chi connectivity index (χ2v) is 7.49. The minimum absolute atomic E-state index is 0. The lowest BCUT2D eigenvalue weighted by Crippen LogP contribution is -3.00. The highest BCUT2D eigenvalue weighted by atomic mass is 79.9. The minimum Gasteiger partial charge on any atom is -1.00 e. The van der Waals surface area contributed by atoms with E-state index in [9.17, 15) is 0 Å². The van der Waals surface area contributed by atoms with Gasteiger partial charge in [0.2, 0.25) is 0 Å². The highest BCUT2D eigenvalue weighted by molar-refractivity contribution is 4.64. The van der Waals surface area contributed by atoms with Crippen molar-refractivity contribution in [2.45, 2.75) is 50.3 Å². The quantitative estimate of drug-likeness (QED) is 0.144. The van der Waals surface area contributed by atoms with Crippen molar-refractivity contribution in [2.24, 2.45) is 0 Å². The van der Waals surface area contributed by atoms with E-state index in [1.165, 1.54) is 78.0 Å². The Morgan fingerprint density at radius 1 is 0.429 bits per heavy atom. The third-order valence-corrected chi connectivity index (χ3v) is 5.59. The lowest BCUT2D eigenvalue weighted by molar-refractivity contribution is -0.683. The summed E-state index contributed by atoms with van der Waals surface area (Å²) in [6, 6.07) is 0. The van der Waals surface area contributed by atoms with Gasteiger partial charge in [-0.25, -0.2) is 0 Å². The molecule has 4 rings (SSSR count). The summed E-state index contributed by atoms with van der Waals surface area (Å²) < 4.78 is 0. The number of halogens is 4. The third kappa shape index (κ3) is 12.5. The van der Waals surface area contributed by atoms with Crippen molar-refractivity contribution in [1.82, 2.24) is 21.3 Å². The number of rotatable bonds is 6. The maximum atomic E-state index is 3.48. The average molecular weight is 664 g/mol. The van der Waals surface area contributed by atoms with Crippen LogP contribution >= 0.6 is 0 Å². The first-order chi connectivity index (χ1) is 11.9. The molecular formula is C16H40Br4N8. The number of quaternary nitrogens is 4. The molecule has 172 valence electrons. The van der Waals surface area contributed by atoms with E-state index in [0.29, 0.717) is 24.7 Å². The van der Waals surface area contributed by atoms with E-state index in [4.69, 9.17) is 0 Å². The van der Waals surface area contributed by atoms with Crippen LogP contribution in [0.4, 0.5) is 0 Å². The van der Waals surface area contributed by atoms with Gasteiger partial charge in [-0.1, -0.05) is 0 Å². The third-order valence-electron chi connectivity index (χ3n) is 5.59. The standard InChI is InChI=1S/2C8H18N4.4BrH/c2*1(7-9-3-4-10-7)2-8-11-5-6-12-8;;;;/h2*7-12H,1-6H2;4*1H. The summed E-state index contributed by atoms with van der Waals surface area (Å²) >= 11 is 0. The van der Waals surface area contributed by atoms with E-state index in [-0.39, 0.29) is 67.9 Å². The summed E-state index contributed by atoms with van der Waals surface area (Å²) in [6.45, 7) is 9.77. The molecule has 8 nitrogen and oxygen atoms in total. The molecule has 0 amide bonds. The molecule has 0 saturated carbocycles. The largest absolute Gasteiger partial charge is 1.00 e. The predicted octanol–water partition coefficient (Wildman–Crippen LogP) is -18.5. The second-order valence-electron chi connectivity index (χ2n) is 7.49. The van der Waals surface area contributed by atoms with Gasteiger partial charge >= 0.3 is 0 Å². The molecule has 4 heterocycles. The Labute approximate surface area is 212 Å². The molecule has 4 aliphatic rings. The van der Waals surface area contributed by atoms with Crippen LogP contribution in [0.25, 0.3) is 0 Å². The number of nitrogens with one attached hydrogen (secondary N) is 4. The fourth-order valence-corrected chi connectivity index (χ4v) is 4.14. The highest BCUT2D eigenvalue weighted by Crippen LogP contribution is 1.95. The van der Waals surface area contributed by atoms with Crippen LogP contribution in [0, 0.1) is 0 Å². The zero-order valence-electron chi connectivity index (χ0n) is 16.6. The summed E-state index contributed by atoms with van der Waals surface area (Å²) in [5, 5.41) is 23.6. The summed E-state index contributed by atoms with van der Waals surface area (Å²) in [5.41, 5.74) is 0. The van der Waals surface area contributed by atoms with Crippen molar-refractivity contribution in [3.05, 3.63) is 0 Å². The molecule has 0 radical (unpaired) electrons. The van der Waals surface area contributed by atoms with E-state index >= 15 is 0 Å². The van der Waals surface area contributed by atoms with Crippen molar-refractivity contribution < 1.29 is 89.2 Å². The summed E-state index contributed by atoms with van der Waals surface area (Å²) in [6.07, 6.45) is 7.98. The van der Waals surface area contributed by atoms with Gasteiger partial charge in [0, 0.05) is 51.9 Å². The van der Waals surface area contributed by atoms with Gasteiger partial charge in [0.1, 0.15) is 24.7 Å². The maximum absolute atomic E-state index is 3.48. The number of hydrogen-bond acceptors (Lipinski definition) is 4. The molecular weight excluding hydrogens is 624 g/mol. The summed E-state index contributed by atoms with van der Waals surface area (Å²) in [5.74, 6) is 0. The molecule has 12 heteroatoms. The van der Waals surface area contributed by atoms with Crippen LogP contribution in [0.5, 0.6) is 0 Å². The molecule has 4 aliphatic heterocycles. The highest BCUT2D eigenvalue weighted by Gasteiger charge is 2.23. The fraction of sp³-hybridized carbons (Fsp3) is 1.00. The first kappa shape index (κ1) is 31.8. The van der Waals surface area contributed by atoms with Crippen LogP contribution in [0.3, 0.4) is 0 Å². The zero-order chi connectivity index (χ0) is 16.5. The van der Waals surface area contributed by atoms with Gasteiger partial charge in [0.05, 0.1) is 26.2 Å². The molecule has 0 aromatic rings. The van der Waals surface area contributed by atoms with Gasteiger partial charge in [-0.05, 0) is 0 Å². The number of hydrogen-bond donors (Lipinski definition) is 8. The molecule has 12 N–H and O–H groups in total. The van der Waals surface area contributed by atoms with Crippen LogP contribution in [0.2, 0.25) is 0 Å². The van der Waals surface area contributed by atoms with Gasteiger partial charge in [-0.3, -0.25) is 21.3 Å². The van der Waals surface area contributed by atoms with Gasteiger partial charge in [0.15, 0.2) is 0 Å². The van der Waals surface area contributed by atoms with Crippen LogP contribution in [-0.4, -0.2) is 77.0 Å². The van der Waals surface area contributed by atoms with Crippen molar-refractivity contribution in [2.75, 3.05) is 52.4 Å². The minimum atomic E-state index is 0. The van der Waals surface area contributed by atoms with E-state index in [1.54, 1.807) is 0 Å². The SMILES string of the molecule is C1C[NH2+]C(CCC2NCC[NH2+]2)N1.C1C[NH2+]C(CCC2NCC[NH2+]2)N1.[Br-].[Br-].[Br-].[Br-]. The molecule has 0 aliphatic carbocycles. The fourth-order valence-electron chi connectivity index (χ4n) is 4.14. The predicted molar refractivity (Wildman–Crippen MR) is 92.8 cm³/mol. The summed E-state index contributed by atoms with van der Waals surface area (Å²) in [7, 11) is 0. The first-order valence-corrected chi connectivity index (χ1v) is 10.2. The average Bonchev–Trinajstić information content (AvgIpc) is 3.43. The first-order valence-electron chi connectivity index (χ1n) is 10.2. The molecule has 4 fully saturated rings. The molecule has 28 heavy (non-hydrogen) atoms. The Kier molecular flexibility index (Phi) is 21.9. The normalized spacial score (nSPS) is 30.9. The lowest BCUT2D eigenvalue weighted by Gasteiger charge is -2.10. The van der Waals surface area contributed by atoms with Crippen LogP contribution in [-0.2, 0) is 0 Å². The van der Waals surface area contributed by atoms with E-state index in [1.807, 2.05) is 0 Å². The van der Waals surface area contributed by atoms with Crippen LogP contribution < -0.4 is 110 Å². The van der Waals surface area contributed by atoms with Crippen molar-refractivity contribution >= 4 is 0 Å². The smallest absolute Gasteiger partial charge is 0.140 e. The van der Waals surface area contributed by atoms with Gasteiger partial charge in [-0.2, -0.15) is 0 Å². The van der Waals surface area contributed by atoms with Crippen molar-refractivity contribution in [3.63, 3.8) is 0 Å². The van der Waals surface area contributed by atoms with Crippen molar-refractivity contribution in [3.8, 4) is 0 Å². The Balaban J connectivity index is 0. The van der Waals surface area contributed by atoms with Gasteiger partial charge in [0.25, 0.3) is 0 Å². The maximum Gasteiger partial charge on any atom is 0.140 e. The second kappa shape index (κ2) is 19.3. The monoisotopic (exact) mass is 660 g/mol. The van der Waals surface area contributed by atoms with E-state index in [2.05, 4.69) is 42.5 Å². The molecule has 0 aromatic heterocycles. The van der Waals surface area contributed by atoms with Crippen LogP contribution in [0.15, 0.2) is 0 Å². The van der Waals surface area contributed by atoms with Crippen LogP contribution in [0.1, 0.15) is 25.7 Å². The molecule has 4 saturated heterocycles. The molecule has 0 aromatic carbocycles. The lowest BCUT2D eigenvalue weighted by atomic mass is 10.2.